The van der Waals surface area contributed by atoms with Crippen molar-refractivity contribution in [2.24, 2.45) is 0 Å². The van der Waals surface area contributed by atoms with Crippen molar-refractivity contribution < 1.29 is 19.4 Å². The summed E-state index contributed by atoms with van der Waals surface area (Å²) in [6.07, 6.45) is 1.68. The summed E-state index contributed by atoms with van der Waals surface area (Å²) >= 11 is 0. The van der Waals surface area contributed by atoms with Gasteiger partial charge in [-0.15, -0.1) is 0 Å². The van der Waals surface area contributed by atoms with Gasteiger partial charge in [0.25, 0.3) is 0 Å². The molecule has 1 N–H and O–H groups in total. The number of benzene rings is 2. The first-order chi connectivity index (χ1) is 11.0. The number of rotatable bonds is 6. The van der Waals surface area contributed by atoms with Gasteiger partial charge in [-0.3, -0.25) is 0 Å². The van der Waals surface area contributed by atoms with Crippen molar-refractivity contribution in [3.63, 3.8) is 0 Å². The van der Waals surface area contributed by atoms with Crippen LogP contribution in [-0.4, -0.2) is 24.3 Å². The zero-order valence-corrected chi connectivity index (χ0v) is 13.4. The van der Waals surface area contributed by atoms with E-state index in [0.29, 0.717) is 17.1 Å². The Labute approximate surface area is 136 Å². The molecule has 2 aromatic carbocycles. The first-order valence-electron chi connectivity index (χ1n) is 7.36. The number of hydrogen-bond donors (Lipinski definition) is 1. The molecule has 0 amide bonds. The van der Waals surface area contributed by atoms with Crippen LogP contribution in [0.2, 0.25) is 0 Å². The van der Waals surface area contributed by atoms with E-state index in [1.807, 2.05) is 38.1 Å². The van der Waals surface area contributed by atoms with E-state index in [0.717, 1.165) is 5.56 Å². The lowest BCUT2D eigenvalue weighted by molar-refractivity contribution is -0.130. The topological polar surface area (TPSA) is 55.8 Å². The fraction of sp³-hybridized carbons (Fsp3) is 0.211. The summed E-state index contributed by atoms with van der Waals surface area (Å²) in [5, 5.41) is 9.57. The van der Waals surface area contributed by atoms with Crippen molar-refractivity contribution in [3.8, 4) is 11.5 Å². The van der Waals surface area contributed by atoms with Gasteiger partial charge in [-0.2, -0.15) is 0 Å². The van der Waals surface area contributed by atoms with E-state index in [2.05, 4.69) is 0 Å². The maximum atomic E-state index is 11.7. The maximum absolute atomic E-state index is 11.7. The van der Waals surface area contributed by atoms with Gasteiger partial charge in [-0.25, -0.2) is 4.79 Å². The molecule has 120 valence electrons. The molecule has 0 spiro atoms. The summed E-state index contributed by atoms with van der Waals surface area (Å²) in [5.74, 6) is 0.221. The van der Waals surface area contributed by atoms with Crippen molar-refractivity contribution in [2.75, 3.05) is 7.11 Å². The summed E-state index contributed by atoms with van der Waals surface area (Å²) in [7, 11) is 1.52. The van der Waals surface area contributed by atoms with Crippen molar-refractivity contribution in [2.45, 2.75) is 20.0 Å². The third kappa shape index (κ3) is 4.36. The zero-order chi connectivity index (χ0) is 16.8. The highest BCUT2D eigenvalue weighted by molar-refractivity contribution is 6.21. The lowest BCUT2D eigenvalue weighted by Gasteiger charge is -2.11. The van der Waals surface area contributed by atoms with Crippen LogP contribution in [0.25, 0.3) is 11.6 Å². The Balaban J connectivity index is 2.46. The monoisotopic (exact) mass is 312 g/mol. The molecule has 0 heterocycles. The molecule has 2 rings (SSSR count). The molecular formula is C19H20O4. The normalized spacial score (nSPS) is 11.4. The van der Waals surface area contributed by atoms with E-state index < -0.39 is 5.97 Å². The van der Waals surface area contributed by atoms with Gasteiger partial charge >= 0.3 is 5.97 Å². The average molecular weight is 312 g/mol. The molecule has 0 unspecified atom stereocenters. The summed E-state index contributed by atoms with van der Waals surface area (Å²) in [5.41, 5.74) is 1.47. The number of carboxylic acid groups (broad SMARTS) is 1. The van der Waals surface area contributed by atoms with Crippen LogP contribution in [0.5, 0.6) is 11.5 Å². The standard InChI is InChI=1S/C19H20O4/c1-13(2)23-15-8-6-7-14(11-15)12-17(19(20)21)16-9-4-5-10-18(16)22-3/h4-13H,1-3H3,(H,20,21)/b17-12-. The third-order valence-electron chi connectivity index (χ3n) is 3.17. The minimum atomic E-state index is -1.01. The Morgan fingerprint density at radius 2 is 1.87 bits per heavy atom. The van der Waals surface area contributed by atoms with E-state index in [9.17, 15) is 9.90 Å². The molecule has 0 atom stereocenters. The molecule has 0 radical (unpaired) electrons. The Morgan fingerprint density at radius 3 is 2.52 bits per heavy atom. The number of carboxylic acids is 1. The van der Waals surface area contributed by atoms with Crippen molar-refractivity contribution in [1.82, 2.24) is 0 Å². The van der Waals surface area contributed by atoms with Gasteiger partial charge < -0.3 is 14.6 Å². The first-order valence-corrected chi connectivity index (χ1v) is 7.36. The highest BCUT2D eigenvalue weighted by atomic mass is 16.5. The van der Waals surface area contributed by atoms with Crippen LogP contribution in [0.4, 0.5) is 0 Å². The Kier molecular flexibility index (Phi) is 5.41. The van der Waals surface area contributed by atoms with Gasteiger partial charge in [-0.1, -0.05) is 30.3 Å². The SMILES string of the molecule is COc1ccccc1/C(=C/c1cccc(OC(C)C)c1)C(=O)O. The largest absolute Gasteiger partial charge is 0.496 e. The van der Waals surface area contributed by atoms with E-state index in [1.165, 1.54) is 7.11 Å². The third-order valence-corrected chi connectivity index (χ3v) is 3.17. The molecule has 0 aromatic heterocycles. The molecule has 0 aliphatic carbocycles. The molecule has 0 bridgehead atoms. The van der Waals surface area contributed by atoms with Gasteiger partial charge in [-0.05, 0) is 43.7 Å². The van der Waals surface area contributed by atoms with E-state index >= 15 is 0 Å². The highest BCUT2D eigenvalue weighted by Crippen LogP contribution is 2.28. The molecule has 0 aliphatic rings. The summed E-state index contributed by atoms with van der Waals surface area (Å²) in [4.78, 5) is 11.7. The second kappa shape index (κ2) is 7.49. The second-order valence-electron chi connectivity index (χ2n) is 5.30. The molecule has 0 saturated heterocycles. The molecule has 2 aromatic rings. The van der Waals surface area contributed by atoms with Gasteiger partial charge in [0.2, 0.25) is 0 Å². The minimum absolute atomic E-state index is 0.0578. The maximum Gasteiger partial charge on any atom is 0.336 e. The fourth-order valence-corrected chi connectivity index (χ4v) is 2.24. The number of hydrogen-bond acceptors (Lipinski definition) is 3. The molecule has 23 heavy (non-hydrogen) atoms. The molecular weight excluding hydrogens is 292 g/mol. The van der Waals surface area contributed by atoms with Crippen LogP contribution in [0.1, 0.15) is 25.0 Å². The number of carbonyl (C=O) groups is 1. The van der Waals surface area contributed by atoms with Crippen LogP contribution in [0, 0.1) is 0 Å². The van der Waals surface area contributed by atoms with Crippen LogP contribution >= 0.6 is 0 Å². The summed E-state index contributed by atoms with van der Waals surface area (Å²) in [6, 6.07) is 14.4. The van der Waals surface area contributed by atoms with Crippen molar-refractivity contribution >= 4 is 17.6 Å². The molecule has 0 aliphatic heterocycles. The second-order valence-corrected chi connectivity index (χ2v) is 5.30. The Morgan fingerprint density at radius 1 is 1.13 bits per heavy atom. The summed E-state index contributed by atoms with van der Waals surface area (Å²) < 4.78 is 10.9. The molecule has 0 fully saturated rings. The minimum Gasteiger partial charge on any atom is -0.496 e. The average Bonchev–Trinajstić information content (AvgIpc) is 2.52. The van der Waals surface area contributed by atoms with E-state index in [-0.39, 0.29) is 11.7 Å². The number of para-hydroxylation sites is 1. The van der Waals surface area contributed by atoms with Crippen molar-refractivity contribution in [1.29, 1.82) is 0 Å². The first kappa shape index (κ1) is 16.6. The van der Waals surface area contributed by atoms with E-state index in [4.69, 9.17) is 9.47 Å². The molecule has 4 nitrogen and oxygen atoms in total. The summed E-state index contributed by atoms with van der Waals surface area (Å²) in [6.45, 7) is 3.89. The fourth-order valence-electron chi connectivity index (χ4n) is 2.24. The van der Waals surface area contributed by atoms with Gasteiger partial charge in [0, 0.05) is 5.56 Å². The van der Waals surface area contributed by atoms with Gasteiger partial charge in [0.1, 0.15) is 11.5 Å². The predicted octanol–water partition coefficient (Wildman–Crippen LogP) is 4.11. The molecule has 4 heteroatoms. The van der Waals surface area contributed by atoms with Crippen LogP contribution < -0.4 is 9.47 Å². The van der Waals surface area contributed by atoms with Crippen LogP contribution in [0.3, 0.4) is 0 Å². The Bertz CT molecular complexity index is 717. The molecule has 0 saturated carbocycles. The number of ether oxygens (including phenoxy) is 2. The van der Waals surface area contributed by atoms with Gasteiger partial charge in [0.05, 0.1) is 18.8 Å². The van der Waals surface area contributed by atoms with Crippen molar-refractivity contribution in [3.05, 3.63) is 59.7 Å². The zero-order valence-electron chi connectivity index (χ0n) is 13.4. The highest BCUT2D eigenvalue weighted by Gasteiger charge is 2.15. The quantitative estimate of drug-likeness (QED) is 0.644. The van der Waals surface area contributed by atoms with Crippen LogP contribution in [-0.2, 0) is 4.79 Å². The smallest absolute Gasteiger partial charge is 0.336 e. The van der Waals surface area contributed by atoms with E-state index in [1.54, 1.807) is 30.3 Å². The predicted molar refractivity (Wildman–Crippen MR) is 90.7 cm³/mol. The lowest BCUT2D eigenvalue weighted by Crippen LogP contribution is -2.05. The van der Waals surface area contributed by atoms with Gasteiger partial charge in [0.15, 0.2) is 0 Å². The van der Waals surface area contributed by atoms with Crippen LogP contribution in [0.15, 0.2) is 48.5 Å². The number of aliphatic carboxylic acids is 1. The number of methoxy groups -OCH3 is 1. The lowest BCUT2D eigenvalue weighted by atomic mass is 10.0. The Hall–Kier alpha value is -2.75.